The Morgan fingerprint density at radius 2 is 1.13 bits per heavy atom. The minimum atomic E-state index is -2.47. The van der Waals surface area contributed by atoms with Crippen molar-refractivity contribution in [3.8, 4) is 0 Å². The molecule has 0 aliphatic carbocycles. The number of aliphatic carboxylic acids is 4. The first-order valence-corrected chi connectivity index (χ1v) is 38.0. The molecule has 4 aromatic rings. The normalized spacial score (nSPS) is 20.9. The van der Waals surface area contributed by atoms with Crippen molar-refractivity contribution >= 4 is 140 Å². The summed E-state index contributed by atoms with van der Waals surface area (Å²) in [6.45, 7) is 2.75. The van der Waals surface area contributed by atoms with Crippen LogP contribution in [0.1, 0.15) is 132 Å². The summed E-state index contributed by atoms with van der Waals surface area (Å²) in [6.07, 6.45) is -3.41. The lowest BCUT2D eigenvalue weighted by Crippen LogP contribution is -2.62. The lowest BCUT2D eigenvalue weighted by atomic mass is 9.96. The number of hydrogen-bond acceptors (Lipinski definition) is 24. The summed E-state index contributed by atoms with van der Waals surface area (Å²) in [7, 11) is 0. The number of ketones is 1. The smallest absolute Gasteiger partial charge is 0.329 e. The van der Waals surface area contributed by atoms with Gasteiger partial charge in [0.05, 0.1) is 51.8 Å². The Hall–Kier alpha value is -13.7. The minimum absolute atomic E-state index is 0.0998. The van der Waals surface area contributed by atoms with Gasteiger partial charge in [-0.2, -0.15) is 0 Å². The number of hydrogen-bond donors (Lipinski definition) is 22. The molecule has 1 saturated heterocycles. The van der Waals surface area contributed by atoms with E-state index in [1.54, 1.807) is 37.4 Å². The third-order valence-electron chi connectivity index (χ3n) is 18.7. The number of aliphatic hydroxyl groups excluding tert-OH is 1. The molecule has 43 heteroatoms. The van der Waals surface area contributed by atoms with Crippen LogP contribution in [0.3, 0.4) is 0 Å². The van der Waals surface area contributed by atoms with E-state index in [2.05, 4.69) is 65.1 Å². The Kier molecular flexibility index (Phi) is 38.3. The molecule has 13 atom stereocenters. The number of allylic oxidation sites excluding steroid dienone is 1. The summed E-state index contributed by atoms with van der Waals surface area (Å²) in [4.78, 5) is 278. The Morgan fingerprint density at radius 1 is 0.575 bits per heavy atom. The summed E-state index contributed by atoms with van der Waals surface area (Å²) in [6, 6.07) is -3.37. The predicted octanol–water partition coefficient (Wildman–Crippen LogP) is -4.93. The van der Waals surface area contributed by atoms with Gasteiger partial charge in [-0.1, -0.05) is 81.3 Å². The second-order valence-corrected chi connectivity index (χ2v) is 28.3. The molecule has 14 amide bonds. The number of amides is 14. The number of benzene rings is 3. The molecular weight excluding hydrogens is 1580 g/mol. The SMILES string of the molecule is CCCCCc1ccc(/C(C)=C/C(=O)NC(Cc2c[nH]c3ccccc23)C(=O)NC(CC(N)=O)C(=O)NC(CC(=O)O)C(=O)NC2C(=O)NCC(=O)NC(CCCN)C(=O)NC(CC(=O)O)C(=O)NC(C)C(=O)NC(CC(=O)O)C(=O)NCC(=O)NC(CO)C(=O)NC(C(C)CC(=O)O)C(=O)NC(CC(=O)c3ccccc3N)C(=O)OC2C)cc1. The molecule has 0 saturated carbocycles. The van der Waals surface area contributed by atoms with Crippen LogP contribution in [0.4, 0.5) is 5.69 Å². The molecule has 0 spiro atoms. The number of carboxylic acids is 4. The number of primary amides is 1. The molecule has 3 aromatic carbocycles. The number of para-hydroxylation sites is 2. The molecule has 120 heavy (non-hydrogen) atoms. The highest BCUT2D eigenvalue weighted by Crippen LogP contribution is 2.22. The van der Waals surface area contributed by atoms with E-state index >= 15 is 0 Å². The number of rotatable bonds is 33. The highest BCUT2D eigenvalue weighted by molar-refractivity contribution is 6.06. The second kappa shape index (κ2) is 47.5. The Bertz CT molecular complexity index is 4490. The largest absolute Gasteiger partial charge is 0.481 e. The summed E-state index contributed by atoms with van der Waals surface area (Å²) < 4.78 is 5.69. The van der Waals surface area contributed by atoms with E-state index in [0.717, 1.165) is 52.0 Å². The standard InChI is InChI=1S/C77H101N17O26/c1-6-7-8-14-41-20-22-42(23-21-41)37(2)25-58(98)86-49(27-43-33-81-47-18-12-10-15-44(43)47)71(113)89-50(29-57(80)97)72(114)91-53(32-64(107)108)73(115)94-66-40(5)120-77(119)54(28-56(96)45-16-9-11-17-46(45)79)92-76(118)65(38(3)26-61(101)102)93-74(116)55(36-95)87-60(100)34-82-68(110)51(30-62(103)104)88-67(109)39(4)84-70(112)52(31-63(105)106)90-69(111)48(19-13-24-78)85-59(99)35-83-75(66)117/h9-12,15-18,20-23,25,33,38-40,48-55,65-66,81,95H,6-8,13-14,19,24,26-32,34-36,78-79H2,1-5H3,(H2,80,97)(H,82,110)(H,83,117)(H,84,112)(H,85,99)(H,86,98)(H,87,100)(H,88,109)(H,89,113)(H,90,111)(H,91,114)(H,92,118)(H,93,116)(H,94,115)(H,101,102)(H,103,104)(H,105,106)(H,107,108)/b37-25+. The van der Waals surface area contributed by atoms with Crippen LogP contribution in [0.5, 0.6) is 0 Å². The molecule has 43 nitrogen and oxygen atoms in total. The molecule has 1 fully saturated rings. The molecule has 2 heterocycles. The quantitative estimate of drug-likeness (QED) is 0.00699. The Labute approximate surface area is 685 Å². The van der Waals surface area contributed by atoms with Crippen LogP contribution in [0, 0.1) is 5.92 Å². The van der Waals surface area contributed by atoms with Crippen LogP contribution in [0.15, 0.2) is 85.1 Å². The number of H-pyrrole nitrogens is 1. The number of nitrogen functional groups attached to an aromatic ring is 1. The lowest BCUT2D eigenvalue weighted by molar-refractivity contribution is -0.156. The third kappa shape index (κ3) is 31.4. The number of aromatic nitrogens is 1. The number of ether oxygens (including phenoxy) is 1. The molecule has 1 aliphatic heterocycles. The average Bonchev–Trinajstić information content (AvgIpc) is 1.76. The number of nitrogens with one attached hydrogen (secondary N) is 14. The van der Waals surface area contributed by atoms with Gasteiger partial charge in [-0.15, -0.1) is 0 Å². The average molecular weight is 1680 g/mol. The summed E-state index contributed by atoms with van der Waals surface area (Å²) in [5.41, 5.74) is 20.3. The first-order chi connectivity index (χ1) is 56.7. The number of carbonyl (C=O) groups is 20. The first kappa shape index (κ1) is 96.8. The van der Waals surface area contributed by atoms with Gasteiger partial charge in [-0.3, -0.25) is 91.1 Å². The van der Waals surface area contributed by atoms with Crippen LogP contribution in [-0.4, -0.2) is 248 Å². The number of unbranched alkanes of at least 4 members (excludes halogenated alkanes) is 2. The number of fused-ring (bicyclic) bond motifs is 1. The fourth-order valence-corrected chi connectivity index (χ4v) is 12.2. The Morgan fingerprint density at radius 3 is 1.73 bits per heavy atom. The zero-order valence-electron chi connectivity index (χ0n) is 66.2. The van der Waals surface area contributed by atoms with Crippen LogP contribution in [0.2, 0.25) is 0 Å². The van der Waals surface area contributed by atoms with Gasteiger partial charge in [0.2, 0.25) is 82.7 Å². The molecule has 5 rings (SSSR count). The monoisotopic (exact) mass is 1680 g/mol. The van der Waals surface area contributed by atoms with E-state index < -0.39 is 261 Å². The molecule has 0 radical (unpaired) electrons. The van der Waals surface area contributed by atoms with Gasteiger partial charge >= 0.3 is 29.8 Å². The van der Waals surface area contributed by atoms with E-state index in [1.165, 1.54) is 30.3 Å². The molecule has 650 valence electrons. The van der Waals surface area contributed by atoms with E-state index in [1.807, 2.05) is 40.2 Å². The van der Waals surface area contributed by atoms with E-state index in [9.17, 15) is 121 Å². The van der Waals surface area contributed by atoms with E-state index in [-0.39, 0.29) is 30.6 Å². The van der Waals surface area contributed by atoms with Crippen molar-refractivity contribution in [3.63, 3.8) is 0 Å². The summed E-state index contributed by atoms with van der Waals surface area (Å²) in [5, 5.41) is 78.7. The van der Waals surface area contributed by atoms with Crippen molar-refractivity contribution in [2.45, 2.75) is 191 Å². The Balaban J connectivity index is 1.61. The number of Topliss-reactive ketones (excluding diaryl/α,β-unsaturated/α-hetero) is 1. The molecule has 1 aliphatic rings. The van der Waals surface area contributed by atoms with Crippen LogP contribution in [0.25, 0.3) is 16.5 Å². The number of esters is 1. The van der Waals surface area contributed by atoms with Crippen molar-refractivity contribution < 1.29 is 126 Å². The first-order valence-electron chi connectivity index (χ1n) is 38.0. The molecule has 0 bridgehead atoms. The highest BCUT2D eigenvalue weighted by Gasteiger charge is 2.41. The minimum Gasteiger partial charge on any atom is -0.481 e. The summed E-state index contributed by atoms with van der Waals surface area (Å²) in [5.74, 6) is -30.2. The molecule has 13 unspecified atom stereocenters. The van der Waals surface area contributed by atoms with E-state index in [4.69, 9.17) is 21.9 Å². The fraction of sp³-hybridized carbons (Fsp3) is 0.455. The maximum atomic E-state index is 14.9. The maximum Gasteiger partial charge on any atom is 0.329 e. The fourth-order valence-electron chi connectivity index (χ4n) is 12.2. The zero-order valence-corrected chi connectivity index (χ0v) is 66.2. The van der Waals surface area contributed by atoms with Gasteiger partial charge in [-0.05, 0) is 99.4 Å². The third-order valence-corrected chi connectivity index (χ3v) is 18.7. The molecule has 25 N–H and O–H groups in total. The number of nitrogens with two attached hydrogens (primary N) is 3. The highest BCUT2D eigenvalue weighted by atomic mass is 16.5. The maximum absolute atomic E-state index is 14.9. The molecular formula is C77H101N17O26. The topological polar surface area (TPSA) is 702 Å². The van der Waals surface area contributed by atoms with Crippen LogP contribution >= 0.6 is 0 Å². The van der Waals surface area contributed by atoms with Gasteiger partial charge in [0.1, 0.15) is 72.6 Å². The molecule has 1 aromatic heterocycles. The number of aliphatic hydroxyl groups is 1. The van der Waals surface area contributed by atoms with Crippen molar-refractivity contribution in [2.24, 2.45) is 17.4 Å². The number of aromatic amines is 1. The van der Waals surface area contributed by atoms with E-state index in [0.29, 0.717) is 27.6 Å². The number of aryl methyl sites for hydroxylation is 1. The van der Waals surface area contributed by atoms with Crippen molar-refractivity contribution in [2.75, 3.05) is 32.0 Å². The van der Waals surface area contributed by atoms with Crippen molar-refractivity contribution in [1.82, 2.24) is 74.1 Å². The number of cyclic esters (lactones) is 1. The van der Waals surface area contributed by atoms with Gasteiger partial charge in [-0.25, -0.2) is 4.79 Å². The van der Waals surface area contributed by atoms with Gasteiger partial charge in [0.25, 0.3) is 0 Å². The van der Waals surface area contributed by atoms with Gasteiger partial charge < -0.3 is 122 Å². The van der Waals surface area contributed by atoms with Gasteiger partial charge in [0.15, 0.2) is 5.78 Å². The van der Waals surface area contributed by atoms with Gasteiger partial charge in [0, 0.05) is 47.3 Å². The van der Waals surface area contributed by atoms with Crippen molar-refractivity contribution in [3.05, 3.63) is 107 Å². The number of carbonyl (C=O) groups excluding carboxylic acids is 16. The number of carboxylic acid groups (broad SMARTS) is 4. The van der Waals surface area contributed by atoms with Crippen molar-refractivity contribution in [1.29, 1.82) is 0 Å². The van der Waals surface area contributed by atoms with Crippen LogP contribution in [-0.2, 0) is 109 Å². The number of anilines is 1. The second-order valence-electron chi connectivity index (χ2n) is 28.3. The summed E-state index contributed by atoms with van der Waals surface area (Å²) >= 11 is 0. The predicted molar refractivity (Wildman–Crippen MR) is 421 cm³/mol. The van der Waals surface area contributed by atoms with Crippen LogP contribution < -0.4 is 86.3 Å². The zero-order chi connectivity index (χ0) is 89.2. The lowest BCUT2D eigenvalue weighted by Gasteiger charge is -2.30.